The minimum atomic E-state index is -0.220. The normalized spacial score (nSPS) is 22.8. The lowest BCUT2D eigenvalue weighted by Crippen LogP contribution is -2.52. The van der Waals surface area contributed by atoms with E-state index in [1.807, 2.05) is 27.7 Å². The Bertz CT molecular complexity index is 268. The van der Waals surface area contributed by atoms with E-state index in [9.17, 15) is 9.59 Å². The summed E-state index contributed by atoms with van der Waals surface area (Å²) in [6, 6.07) is -0.0677. The number of nitrogens with one attached hydrogen (secondary N) is 1. The number of Topliss-reactive ketones (excluding diaryl/α,β-unsaturated/α-hetero) is 1. The van der Waals surface area contributed by atoms with Crippen molar-refractivity contribution < 1.29 is 9.59 Å². The van der Waals surface area contributed by atoms with E-state index in [4.69, 9.17) is 0 Å². The van der Waals surface area contributed by atoms with E-state index in [0.29, 0.717) is 19.5 Å². The fourth-order valence-electron chi connectivity index (χ4n) is 1.60. The van der Waals surface area contributed by atoms with Crippen LogP contribution in [0.25, 0.3) is 0 Å². The summed E-state index contributed by atoms with van der Waals surface area (Å²) < 4.78 is 0. The van der Waals surface area contributed by atoms with E-state index >= 15 is 0 Å². The first-order valence-electron chi connectivity index (χ1n) is 5.39. The lowest BCUT2D eigenvalue weighted by Gasteiger charge is -2.33. The summed E-state index contributed by atoms with van der Waals surface area (Å²) in [5.41, 5.74) is -0.220. The van der Waals surface area contributed by atoms with Crippen LogP contribution in [0, 0.1) is 5.92 Å². The molecule has 0 aromatic carbocycles. The minimum absolute atomic E-state index is 0.0236. The molecule has 1 aliphatic rings. The van der Waals surface area contributed by atoms with Gasteiger partial charge < -0.3 is 10.2 Å². The van der Waals surface area contributed by atoms with Gasteiger partial charge in [-0.05, 0) is 20.8 Å². The molecule has 86 valence electrons. The van der Waals surface area contributed by atoms with E-state index in [2.05, 4.69) is 5.32 Å². The molecule has 1 rings (SSSR count). The highest BCUT2D eigenvalue weighted by atomic mass is 16.2. The smallest absolute Gasteiger partial charge is 0.317 e. The Hall–Kier alpha value is -1.06. The van der Waals surface area contributed by atoms with Crippen LogP contribution in [0.1, 0.15) is 34.1 Å². The minimum Gasteiger partial charge on any atom is -0.333 e. The molecule has 1 saturated heterocycles. The molecule has 0 radical (unpaired) electrons. The third-order valence-corrected chi connectivity index (χ3v) is 2.44. The van der Waals surface area contributed by atoms with Crippen LogP contribution in [-0.2, 0) is 4.79 Å². The molecule has 4 heteroatoms. The highest BCUT2D eigenvalue weighted by molar-refractivity contribution is 5.84. The van der Waals surface area contributed by atoms with Crippen LogP contribution in [0.5, 0.6) is 0 Å². The molecule has 0 aromatic heterocycles. The number of hydrogen-bond donors (Lipinski definition) is 1. The van der Waals surface area contributed by atoms with E-state index < -0.39 is 0 Å². The molecule has 1 heterocycles. The summed E-state index contributed by atoms with van der Waals surface area (Å²) in [4.78, 5) is 24.8. The van der Waals surface area contributed by atoms with Gasteiger partial charge in [0.2, 0.25) is 0 Å². The van der Waals surface area contributed by atoms with Crippen molar-refractivity contribution in [3.05, 3.63) is 0 Å². The molecule has 4 nitrogen and oxygen atoms in total. The summed E-state index contributed by atoms with van der Waals surface area (Å²) in [5.74, 6) is 0.235. The molecule has 0 saturated carbocycles. The number of piperidine rings is 1. The second-order valence-electron chi connectivity index (χ2n) is 5.24. The SMILES string of the molecule is CC1CN(C(=O)NC(C)(C)C)CCC1=O. The second-order valence-corrected chi connectivity index (χ2v) is 5.24. The zero-order chi connectivity index (χ0) is 11.6. The fraction of sp³-hybridized carbons (Fsp3) is 0.818. The number of urea groups is 1. The van der Waals surface area contributed by atoms with Gasteiger partial charge in [0.15, 0.2) is 0 Å². The van der Waals surface area contributed by atoms with E-state index in [1.54, 1.807) is 4.90 Å². The predicted molar refractivity (Wildman–Crippen MR) is 58.6 cm³/mol. The first-order chi connectivity index (χ1) is 6.79. The Morgan fingerprint density at radius 2 is 2.07 bits per heavy atom. The van der Waals surface area contributed by atoms with Gasteiger partial charge in [0, 0.05) is 31.0 Å². The van der Waals surface area contributed by atoms with E-state index in [0.717, 1.165) is 0 Å². The van der Waals surface area contributed by atoms with Gasteiger partial charge in [-0.3, -0.25) is 4.79 Å². The topological polar surface area (TPSA) is 49.4 Å². The highest BCUT2D eigenvalue weighted by Crippen LogP contribution is 2.13. The van der Waals surface area contributed by atoms with Crippen LogP contribution in [-0.4, -0.2) is 35.3 Å². The monoisotopic (exact) mass is 212 g/mol. The second kappa shape index (κ2) is 4.21. The lowest BCUT2D eigenvalue weighted by atomic mass is 9.99. The van der Waals surface area contributed by atoms with Gasteiger partial charge in [0.1, 0.15) is 5.78 Å². The summed E-state index contributed by atoms with van der Waals surface area (Å²) in [6.45, 7) is 8.81. The van der Waals surface area contributed by atoms with Gasteiger partial charge in [-0.25, -0.2) is 4.79 Å². The number of hydrogen-bond acceptors (Lipinski definition) is 2. The van der Waals surface area contributed by atoms with E-state index in [-0.39, 0.29) is 23.3 Å². The lowest BCUT2D eigenvalue weighted by molar-refractivity contribution is -0.124. The molecule has 1 aliphatic heterocycles. The summed E-state index contributed by atoms with van der Waals surface area (Å²) in [6.07, 6.45) is 0.485. The van der Waals surface area contributed by atoms with Gasteiger partial charge in [0.25, 0.3) is 0 Å². The molecule has 0 spiro atoms. The van der Waals surface area contributed by atoms with Gasteiger partial charge in [0.05, 0.1) is 0 Å². The van der Waals surface area contributed by atoms with Crippen molar-refractivity contribution in [3.63, 3.8) is 0 Å². The Kier molecular flexibility index (Phi) is 3.37. The fourth-order valence-corrected chi connectivity index (χ4v) is 1.60. The molecular weight excluding hydrogens is 192 g/mol. The molecular formula is C11H20N2O2. The highest BCUT2D eigenvalue weighted by Gasteiger charge is 2.28. The summed E-state index contributed by atoms with van der Waals surface area (Å²) >= 11 is 0. The van der Waals surface area contributed by atoms with Crippen molar-refractivity contribution in [1.29, 1.82) is 0 Å². The van der Waals surface area contributed by atoms with Crippen molar-refractivity contribution in [2.45, 2.75) is 39.7 Å². The number of amides is 2. The van der Waals surface area contributed by atoms with Gasteiger partial charge >= 0.3 is 6.03 Å². The zero-order valence-electron chi connectivity index (χ0n) is 9.96. The Labute approximate surface area is 91.0 Å². The maximum Gasteiger partial charge on any atom is 0.317 e. The van der Waals surface area contributed by atoms with Crippen LogP contribution < -0.4 is 5.32 Å². The van der Waals surface area contributed by atoms with Crippen LogP contribution in [0.15, 0.2) is 0 Å². The zero-order valence-corrected chi connectivity index (χ0v) is 9.96. The first kappa shape index (κ1) is 12.0. The molecule has 0 aliphatic carbocycles. The Morgan fingerprint density at radius 1 is 1.47 bits per heavy atom. The van der Waals surface area contributed by atoms with Gasteiger partial charge in [-0.15, -0.1) is 0 Å². The van der Waals surface area contributed by atoms with Crippen molar-refractivity contribution in [3.8, 4) is 0 Å². The molecule has 1 unspecified atom stereocenters. The average molecular weight is 212 g/mol. The molecule has 0 bridgehead atoms. The van der Waals surface area contributed by atoms with Crippen LogP contribution >= 0.6 is 0 Å². The third-order valence-electron chi connectivity index (χ3n) is 2.44. The molecule has 1 atom stereocenters. The summed E-state index contributed by atoms with van der Waals surface area (Å²) in [5, 5.41) is 2.90. The molecule has 0 aromatic rings. The maximum absolute atomic E-state index is 11.8. The molecule has 1 fully saturated rings. The number of carbonyl (C=O) groups excluding carboxylic acids is 2. The number of nitrogens with zero attached hydrogens (tertiary/aromatic N) is 1. The number of ketones is 1. The molecule has 2 amide bonds. The van der Waals surface area contributed by atoms with Gasteiger partial charge in [-0.2, -0.15) is 0 Å². The quantitative estimate of drug-likeness (QED) is 0.660. The number of rotatable bonds is 0. The molecule has 15 heavy (non-hydrogen) atoms. The Balaban J connectivity index is 2.51. The van der Waals surface area contributed by atoms with Crippen LogP contribution in [0.2, 0.25) is 0 Å². The largest absolute Gasteiger partial charge is 0.333 e. The van der Waals surface area contributed by atoms with Crippen molar-refractivity contribution in [2.24, 2.45) is 5.92 Å². The van der Waals surface area contributed by atoms with Crippen molar-refractivity contribution >= 4 is 11.8 Å². The van der Waals surface area contributed by atoms with Crippen LogP contribution in [0.4, 0.5) is 4.79 Å². The third kappa shape index (κ3) is 3.53. The Morgan fingerprint density at radius 3 is 2.53 bits per heavy atom. The molecule has 1 N–H and O–H groups in total. The van der Waals surface area contributed by atoms with E-state index in [1.165, 1.54) is 0 Å². The number of carbonyl (C=O) groups is 2. The predicted octanol–water partition coefficient (Wildman–Crippen LogP) is 1.41. The standard InChI is InChI=1S/C11H20N2O2/c1-8-7-13(6-5-9(8)14)10(15)12-11(2,3)4/h8H,5-7H2,1-4H3,(H,12,15). The van der Waals surface area contributed by atoms with Crippen LogP contribution in [0.3, 0.4) is 0 Å². The first-order valence-corrected chi connectivity index (χ1v) is 5.39. The van der Waals surface area contributed by atoms with Gasteiger partial charge in [-0.1, -0.05) is 6.92 Å². The maximum atomic E-state index is 11.8. The average Bonchev–Trinajstić information content (AvgIpc) is 2.06. The number of likely N-dealkylation sites (tertiary alicyclic amines) is 1. The van der Waals surface area contributed by atoms with Crippen molar-refractivity contribution in [2.75, 3.05) is 13.1 Å². The summed E-state index contributed by atoms with van der Waals surface area (Å²) in [7, 11) is 0. The van der Waals surface area contributed by atoms with Crippen molar-refractivity contribution in [1.82, 2.24) is 10.2 Å².